The Kier molecular flexibility index (Phi) is 2.49. The van der Waals surface area contributed by atoms with Gasteiger partial charge in [-0.1, -0.05) is 0 Å². The predicted molar refractivity (Wildman–Crippen MR) is 64.3 cm³/mol. The molecule has 5 heteroatoms. The van der Waals surface area contributed by atoms with Crippen LogP contribution in [0.4, 0.5) is 0 Å². The second-order valence-electron chi connectivity index (χ2n) is 4.12. The fraction of sp³-hybridized carbons (Fsp3) is 0.455. The molecule has 0 aromatic carbocycles. The van der Waals surface area contributed by atoms with E-state index in [9.17, 15) is 0 Å². The number of thiazole rings is 1. The van der Waals surface area contributed by atoms with Gasteiger partial charge in [-0.15, -0.1) is 11.3 Å². The number of hydrogen-bond donors (Lipinski definition) is 1. The van der Waals surface area contributed by atoms with Gasteiger partial charge in [0.15, 0.2) is 0 Å². The third-order valence-electron chi connectivity index (χ3n) is 2.98. The Hall–Kier alpha value is -1.20. The molecule has 1 fully saturated rings. The fourth-order valence-electron chi connectivity index (χ4n) is 2.06. The molecule has 0 saturated carbocycles. The first kappa shape index (κ1) is 9.99. The number of nitrogens with zero attached hydrogens (tertiary/aromatic N) is 3. The average molecular weight is 234 g/mol. The summed E-state index contributed by atoms with van der Waals surface area (Å²) in [6.07, 6.45) is 6.13. The monoisotopic (exact) mass is 234 g/mol. The van der Waals surface area contributed by atoms with Crippen LogP contribution in [0.1, 0.15) is 24.6 Å². The molecule has 1 saturated heterocycles. The summed E-state index contributed by atoms with van der Waals surface area (Å²) >= 11 is 1.70. The van der Waals surface area contributed by atoms with Gasteiger partial charge in [0.2, 0.25) is 0 Å². The van der Waals surface area contributed by atoms with Crippen molar-refractivity contribution in [1.82, 2.24) is 19.9 Å². The summed E-state index contributed by atoms with van der Waals surface area (Å²) in [5.74, 6) is 0. The fourth-order valence-corrected chi connectivity index (χ4v) is 2.99. The van der Waals surface area contributed by atoms with Gasteiger partial charge in [-0.05, 0) is 19.4 Å². The second-order valence-corrected chi connectivity index (χ2v) is 4.97. The maximum absolute atomic E-state index is 4.69. The van der Waals surface area contributed by atoms with E-state index in [2.05, 4.69) is 15.7 Å². The topological polar surface area (TPSA) is 42.7 Å². The molecule has 0 amide bonds. The van der Waals surface area contributed by atoms with Gasteiger partial charge in [-0.2, -0.15) is 0 Å². The van der Waals surface area contributed by atoms with Crippen molar-refractivity contribution in [2.24, 2.45) is 7.05 Å². The minimum atomic E-state index is 0.457. The Morgan fingerprint density at radius 1 is 1.56 bits per heavy atom. The molecule has 0 spiro atoms. The Balaban J connectivity index is 1.90. The third-order valence-corrected chi connectivity index (χ3v) is 3.86. The van der Waals surface area contributed by atoms with Gasteiger partial charge in [0, 0.05) is 12.4 Å². The summed E-state index contributed by atoms with van der Waals surface area (Å²) in [6.45, 7) is 1.11. The van der Waals surface area contributed by atoms with Crippen LogP contribution in [0.15, 0.2) is 17.9 Å². The number of aryl methyl sites for hydroxylation is 1. The second kappa shape index (κ2) is 3.99. The molecule has 1 atom stereocenters. The quantitative estimate of drug-likeness (QED) is 0.864. The van der Waals surface area contributed by atoms with E-state index in [1.54, 1.807) is 11.3 Å². The lowest BCUT2D eigenvalue weighted by molar-refractivity contribution is 0.632. The van der Waals surface area contributed by atoms with Gasteiger partial charge in [0.25, 0.3) is 0 Å². The first-order valence-corrected chi connectivity index (χ1v) is 6.38. The van der Waals surface area contributed by atoms with Gasteiger partial charge in [-0.25, -0.2) is 9.97 Å². The molecule has 1 aliphatic rings. The smallest absolute Gasteiger partial charge is 0.141 e. The van der Waals surface area contributed by atoms with Crippen LogP contribution in [-0.4, -0.2) is 21.1 Å². The minimum Gasteiger partial charge on any atom is -0.332 e. The lowest BCUT2D eigenvalue weighted by Crippen LogP contribution is -2.12. The van der Waals surface area contributed by atoms with E-state index < -0.39 is 0 Å². The molecule has 4 nitrogen and oxygen atoms in total. The Morgan fingerprint density at radius 3 is 3.19 bits per heavy atom. The molecular formula is C11H14N4S. The van der Waals surface area contributed by atoms with E-state index in [1.165, 1.54) is 18.5 Å². The van der Waals surface area contributed by atoms with Crippen molar-refractivity contribution in [2.45, 2.75) is 18.9 Å². The lowest BCUT2D eigenvalue weighted by atomic mass is 10.2. The highest BCUT2D eigenvalue weighted by Gasteiger charge is 2.19. The summed E-state index contributed by atoms with van der Waals surface area (Å²) in [5.41, 5.74) is 2.27. The molecule has 3 heterocycles. The van der Waals surface area contributed by atoms with Crippen molar-refractivity contribution in [3.8, 4) is 10.7 Å². The molecule has 0 bridgehead atoms. The summed E-state index contributed by atoms with van der Waals surface area (Å²) in [4.78, 5) is 8.81. The van der Waals surface area contributed by atoms with Crippen LogP contribution < -0.4 is 5.32 Å². The van der Waals surface area contributed by atoms with E-state index in [4.69, 9.17) is 4.98 Å². The van der Waals surface area contributed by atoms with Crippen LogP contribution in [0.2, 0.25) is 0 Å². The maximum Gasteiger partial charge on any atom is 0.141 e. The van der Waals surface area contributed by atoms with Crippen LogP contribution in [0.3, 0.4) is 0 Å². The van der Waals surface area contributed by atoms with Crippen molar-refractivity contribution in [3.63, 3.8) is 0 Å². The van der Waals surface area contributed by atoms with Crippen LogP contribution >= 0.6 is 11.3 Å². The van der Waals surface area contributed by atoms with E-state index in [-0.39, 0.29) is 0 Å². The zero-order valence-electron chi connectivity index (χ0n) is 9.18. The highest BCUT2D eigenvalue weighted by atomic mass is 32.1. The SMILES string of the molecule is Cn1cncc1-c1nc(C2CCCN2)cs1. The molecule has 2 aromatic heterocycles. The lowest BCUT2D eigenvalue weighted by Gasteiger charge is -2.04. The first-order chi connectivity index (χ1) is 7.84. The van der Waals surface area contributed by atoms with Gasteiger partial charge >= 0.3 is 0 Å². The molecule has 84 valence electrons. The van der Waals surface area contributed by atoms with Crippen LogP contribution in [0.5, 0.6) is 0 Å². The molecule has 1 unspecified atom stereocenters. The number of imidazole rings is 1. The third kappa shape index (κ3) is 1.66. The first-order valence-electron chi connectivity index (χ1n) is 5.50. The van der Waals surface area contributed by atoms with Crippen molar-refractivity contribution in [1.29, 1.82) is 0 Å². The highest BCUT2D eigenvalue weighted by Crippen LogP contribution is 2.29. The molecule has 3 rings (SSSR count). The summed E-state index contributed by atoms with van der Waals surface area (Å²) in [5, 5.41) is 6.68. The number of nitrogens with one attached hydrogen (secondary N) is 1. The Bertz CT molecular complexity index is 482. The van der Waals surface area contributed by atoms with Crippen molar-refractivity contribution in [2.75, 3.05) is 6.54 Å². The Labute approximate surface area is 98.4 Å². The van der Waals surface area contributed by atoms with Crippen molar-refractivity contribution < 1.29 is 0 Å². The average Bonchev–Trinajstić information content (AvgIpc) is 2.96. The number of rotatable bonds is 2. The minimum absolute atomic E-state index is 0.457. The zero-order chi connectivity index (χ0) is 11.0. The van der Waals surface area contributed by atoms with Gasteiger partial charge in [0.1, 0.15) is 5.01 Å². The van der Waals surface area contributed by atoms with Crippen LogP contribution in [0, 0.1) is 0 Å². The summed E-state index contributed by atoms with van der Waals surface area (Å²) < 4.78 is 2.00. The summed E-state index contributed by atoms with van der Waals surface area (Å²) in [6, 6.07) is 0.457. The van der Waals surface area contributed by atoms with E-state index in [0.717, 1.165) is 17.2 Å². The van der Waals surface area contributed by atoms with Crippen LogP contribution in [0.25, 0.3) is 10.7 Å². The standard InChI is InChI=1S/C11H14N4S/c1-15-7-12-5-10(15)11-14-9(6-16-11)8-3-2-4-13-8/h5-8,13H,2-4H2,1H3. The highest BCUT2D eigenvalue weighted by molar-refractivity contribution is 7.13. The van der Waals surface area contributed by atoms with E-state index >= 15 is 0 Å². The van der Waals surface area contributed by atoms with Crippen molar-refractivity contribution in [3.05, 3.63) is 23.6 Å². The molecule has 0 radical (unpaired) electrons. The molecule has 16 heavy (non-hydrogen) atoms. The summed E-state index contributed by atoms with van der Waals surface area (Å²) in [7, 11) is 2.00. The molecule has 1 N–H and O–H groups in total. The van der Waals surface area contributed by atoms with Gasteiger partial charge in [-0.3, -0.25) is 0 Å². The molecular weight excluding hydrogens is 220 g/mol. The molecule has 1 aliphatic heterocycles. The molecule has 0 aliphatic carbocycles. The Morgan fingerprint density at radius 2 is 2.50 bits per heavy atom. The number of aromatic nitrogens is 3. The van der Waals surface area contributed by atoms with Crippen LogP contribution in [-0.2, 0) is 7.05 Å². The van der Waals surface area contributed by atoms with E-state index in [1.807, 2.05) is 24.1 Å². The normalized spacial score (nSPS) is 20.4. The van der Waals surface area contributed by atoms with E-state index in [0.29, 0.717) is 6.04 Å². The van der Waals surface area contributed by atoms with Gasteiger partial charge < -0.3 is 9.88 Å². The van der Waals surface area contributed by atoms with Crippen molar-refractivity contribution >= 4 is 11.3 Å². The maximum atomic E-state index is 4.69. The zero-order valence-corrected chi connectivity index (χ0v) is 10.00. The number of hydrogen-bond acceptors (Lipinski definition) is 4. The van der Waals surface area contributed by atoms with Gasteiger partial charge in [0.05, 0.1) is 30.0 Å². The predicted octanol–water partition coefficient (Wildman–Crippen LogP) is 1.97. The molecule has 2 aromatic rings. The largest absolute Gasteiger partial charge is 0.332 e.